The predicted molar refractivity (Wildman–Crippen MR) is 106 cm³/mol. The zero-order valence-corrected chi connectivity index (χ0v) is 16.1. The topological polar surface area (TPSA) is 95.3 Å². The van der Waals surface area contributed by atoms with E-state index in [9.17, 15) is 9.59 Å². The minimum Gasteiger partial charge on any atom is -0.493 e. The summed E-state index contributed by atoms with van der Waals surface area (Å²) >= 11 is 1.54. The van der Waals surface area contributed by atoms with E-state index >= 15 is 0 Å². The molecule has 1 saturated carbocycles. The van der Waals surface area contributed by atoms with E-state index in [0.717, 1.165) is 0 Å². The van der Waals surface area contributed by atoms with Crippen LogP contribution in [0.4, 0.5) is 0 Å². The van der Waals surface area contributed by atoms with Crippen molar-refractivity contribution in [2.75, 3.05) is 24.8 Å². The summed E-state index contributed by atoms with van der Waals surface area (Å²) in [5, 5.41) is 12.5. The molecular weight excluding hydrogens is 376 g/mol. The number of amides is 2. The Labute approximate surface area is 167 Å². The average molecular weight is 396 g/mol. The summed E-state index contributed by atoms with van der Waals surface area (Å²) in [6.45, 7) is 0.551. The monoisotopic (exact) mass is 396 g/mol. The van der Waals surface area contributed by atoms with Crippen LogP contribution in [-0.2, 0) is 4.79 Å². The number of benzene rings is 1. The molecule has 1 atom stereocenters. The Bertz CT molecular complexity index is 954. The maximum atomic E-state index is 12.7. The van der Waals surface area contributed by atoms with Crippen LogP contribution in [0.5, 0.6) is 5.75 Å². The highest BCUT2D eigenvalue weighted by atomic mass is 32.2. The predicted octanol–water partition coefficient (Wildman–Crippen LogP) is 2.18. The minimum atomic E-state index is -0.428. The zero-order chi connectivity index (χ0) is 19.5. The van der Waals surface area contributed by atoms with Gasteiger partial charge in [-0.3, -0.25) is 14.6 Å². The maximum absolute atomic E-state index is 12.7. The quantitative estimate of drug-likeness (QED) is 0.804. The summed E-state index contributed by atoms with van der Waals surface area (Å²) < 4.78 is 5.81. The third-order valence-corrected chi connectivity index (χ3v) is 5.90. The van der Waals surface area contributed by atoms with Gasteiger partial charge in [0.2, 0.25) is 5.91 Å². The van der Waals surface area contributed by atoms with Crippen LogP contribution >= 0.6 is 11.8 Å². The molecule has 2 aromatic rings. The molecule has 2 fully saturated rings. The number of thioether (sulfide) groups is 1. The number of fused-ring (bicyclic) bond motifs is 1. The van der Waals surface area contributed by atoms with Crippen LogP contribution in [0.25, 0.3) is 10.9 Å². The van der Waals surface area contributed by atoms with Gasteiger partial charge in [0.25, 0.3) is 5.91 Å². The van der Waals surface area contributed by atoms with Gasteiger partial charge in [0.15, 0.2) is 0 Å². The van der Waals surface area contributed by atoms with E-state index in [0.29, 0.717) is 46.4 Å². The Hall–Kier alpha value is -2.79. The zero-order valence-electron chi connectivity index (χ0n) is 15.3. The number of pyridine rings is 1. The highest BCUT2D eigenvalue weighted by Crippen LogP contribution is 2.30. The van der Waals surface area contributed by atoms with Gasteiger partial charge in [-0.2, -0.15) is 5.26 Å². The molecule has 0 bridgehead atoms. The van der Waals surface area contributed by atoms with Crippen molar-refractivity contribution >= 4 is 34.5 Å². The van der Waals surface area contributed by atoms with Gasteiger partial charge in [0, 0.05) is 17.3 Å². The lowest BCUT2D eigenvalue weighted by Gasteiger charge is -2.18. The van der Waals surface area contributed by atoms with Crippen molar-refractivity contribution in [2.24, 2.45) is 5.92 Å². The van der Waals surface area contributed by atoms with Gasteiger partial charge in [0.1, 0.15) is 11.8 Å². The smallest absolute Gasteiger partial charge is 0.252 e. The van der Waals surface area contributed by atoms with E-state index in [1.807, 2.05) is 18.2 Å². The molecule has 28 heavy (non-hydrogen) atoms. The molecule has 1 aromatic carbocycles. The molecular formula is C20H20N4O3S. The Morgan fingerprint density at radius 1 is 1.36 bits per heavy atom. The van der Waals surface area contributed by atoms with Crippen molar-refractivity contribution in [2.45, 2.75) is 18.9 Å². The van der Waals surface area contributed by atoms with Crippen molar-refractivity contribution in [3.05, 3.63) is 36.0 Å². The van der Waals surface area contributed by atoms with E-state index in [4.69, 9.17) is 10.00 Å². The van der Waals surface area contributed by atoms with E-state index < -0.39 is 6.04 Å². The maximum Gasteiger partial charge on any atom is 0.252 e. The normalized spacial score (nSPS) is 18.7. The number of nitrogens with one attached hydrogen (secondary N) is 1. The van der Waals surface area contributed by atoms with Crippen LogP contribution in [0.15, 0.2) is 30.5 Å². The van der Waals surface area contributed by atoms with Crippen LogP contribution in [-0.4, -0.2) is 52.5 Å². The van der Waals surface area contributed by atoms with E-state index in [1.165, 1.54) is 29.5 Å². The molecule has 1 saturated heterocycles. The number of hydrogen-bond acceptors (Lipinski definition) is 6. The summed E-state index contributed by atoms with van der Waals surface area (Å²) in [7, 11) is 0. The van der Waals surface area contributed by atoms with Crippen LogP contribution in [0.2, 0.25) is 0 Å². The van der Waals surface area contributed by atoms with Gasteiger partial charge in [-0.25, -0.2) is 0 Å². The van der Waals surface area contributed by atoms with Gasteiger partial charge in [-0.15, -0.1) is 11.8 Å². The number of hydrogen-bond donors (Lipinski definition) is 1. The molecule has 2 amide bonds. The molecule has 8 heteroatoms. The van der Waals surface area contributed by atoms with Gasteiger partial charge in [-0.1, -0.05) is 0 Å². The third kappa shape index (κ3) is 4.04. The van der Waals surface area contributed by atoms with Crippen LogP contribution in [0.1, 0.15) is 23.2 Å². The summed E-state index contributed by atoms with van der Waals surface area (Å²) in [5.74, 6) is 1.83. The molecule has 2 aliphatic rings. The summed E-state index contributed by atoms with van der Waals surface area (Å²) in [5.41, 5.74) is 1.14. The molecule has 144 valence electrons. The molecule has 2 heterocycles. The lowest BCUT2D eigenvalue weighted by atomic mass is 10.1. The van der Waals surface area contributed by atoms with Crippen molar-refractivity contribution in [1.82, 2.24) is 15.2 Å². The first-order valence-electron chi connectivity index (χ1n) is 9.22. The van der Waals surface area contributed by atoms with Crippen LogP contribution in [0, 0.1) is 17.2 Å². The summed E-state index contributed by atoms with van der Waals surface area (Å²) in [6, 6.07) is 8.84. The van der Waals surface area contributed by atoms with Crippen molar-refractivity contribution in [3.63, 3.8) is 0 Å². The van der Waals surface area contributed by atoms with Crippen LogP contribution in [0.3, 0.4) is 0 Å². The molecule has 1 aromatic heterocycles. The van der Waals surface area contributed by atoms with Crippen molar-refractivity contribution in [1.29, 1.82) is 5.26 Å². The Balaban J connectivity index is 1.46. The number of rotatable bonds is 6. The number of ether oxygens (including phenoxy) is 1. The highest BCUT2D eigenvalue weighted by molar-refractivity contribution is 7.99. The fourth-order valence-corrected chi connectivity index (χ4v) is 4.16. The largest absolute Gasteiger partial charge is 0.493 e. The number of carbonyl (C=O) groups excluding carboxylic acids is 2. The molecule has 4 rings (SSSR count). The lowest BCUT2D eigenvalue weighted by Crippen LogP contribution is -2.42. The fourth-order valence-electron chi connectivity index (χ4n) is 3.06. The van der Waals surface area contributed by atoms with E-state index in [-0.39, 0.29) is 18.4 Å². The molecule has 1 aliphatic heterocycles. The molecule has 0 spiro atoms. The number of aromatic nitrogens is 1. The lowest BCUT2D eigenvalue weighted by molar-refractivity contribution is -0.129. The third-order valence-electron chi connectivity index (χ3n) is 4.89. The average Bonchev–Trinajstić information content (AvgIpc) is 3.43. The van der Waals surface area contributed by atoms with Gasteiger partial charge in [0.05, 0.1) is 36.2 Å². The van der Waals surface area contributed by atoms with Crippen molar-refractivity contribution < 1.29 is 14.3 Å². The molecule has 1 N–H and O–H groups in total. The first-order chi connectivity index (χ1) is 13.7. The summed E-state index contributed by atoms with van der Waals surface area (Å²) in [4.78, 5) is 30.8. The second kappa shape index (κ2) is 8.07. The second-order valence-corrected chi connectivity index (χ2v) is 7.98. The summed E-state index contributed by atoms with van der Waals surface area (Å²) in [6.07, 6.45) is 3.99. The number of nitrogens with zero attached hydrogens (tertiary/aromatic N) is 3. The van der Waals surface area contributed by atoms with E-state index in [2.05, 4.69) is 16.4 Å². The van der Waals surface area contributed by atoms with Crippen molar-refractivity contribution in [3.8, 4) is 11.8 Å². The Kier molecular flexibility index (Phi) is 5.35. The second-order valence-electron chi connectivity index (χ2n) is 6.98. The SMILES string of the molecule is N#CC1CSCN1C(=O)CNC(=O)c1ccnc2ccc(OCC3CC3)cc12. The standard InChI is InChI=1S/C20H20N4O3S/c21-8-14-11-28-12-24(14)19(25)9-23-20(26)16-5-6-22-18-4-3-15(7-17(16)18)27-10-13-1-2-13/h3-7,13-14H,1-2,9-12H2,(H,23,26). The number of carbonyl (C=O) groups is 2. The molecule has 0 radical (unpaired) electrons. The van der Waals surface area contributed by atoms with Crippen LogP contribution < -0.4 is 10.1 Å². The first-order valence-corrected chi connectivity index (χ1v) is 10.4. The first kappa shape index (κ1) is 18.6. The minimum absolute atomic E-state index is 0.140. The van der Waals surface area contributed by atoms with Gasteiger partial charge in [-0.05, 0) is 43.0 Å². The van der Waals surface area contributed by atoms with Gasteiger partial charge < -0.3 is 15.0 Å². The highest BCUT2D eigenvalue weighted by Gasteiger charge is 2.29. The van der Waals surface area contributed by atoms with Gasteiger partial charge >= 0.3 is 0 Å². The number of nitriles is 1. The van der Waals surface area contributed by atoms with E-state index in [1.54, 1.807) is 12.3 Å². The fraction of sp³-hybridized carbons (Fsp3) is 0.400. The molecule has 1 unspecified atom stereocenters. The molecule has 1 aliphatic carbocycles. The Morgan fingerprint density at radius 3 is 3.00 bits per heavy atom. The molecule has 7 nitrogen and oxygen atoms in total. The Morgan fingerprint density at radius 2 is 2.21 bits per heavy atom.